The molecule has 0 saturated heterocycles. The number of hydrogen-bond donors (Lipinski definition) is 2. The standard InChI is InChI=1S/C13H10F2N2.ClH/c14-11-6-5-10(7-12(11)15)8-1-3-9(4-2-8)13(16)17;/h1-7H,(H3,16,17);1H. The number of halogens is 3. The maximum Gasteiger partial charge on any atom is 0.159 e. The van der Waals surface area contributed by atoms with E-state index in [0.717, 1.165) is 17.7 Å². The Morgan fingerprint density at radius 2 is 1.44 bits per heavy atom. The molecule has 0 unspecified atom stereocenters. The Labute approximate surface area is 109 Å². The van der Waals surface area contributed by atoms with E-state index >= 15 is 0 Å². The summed E-state index contributed by atoms with van der Waals surface area (Å²) in [5.74, 6) is -1.77. The predicted molar refractivity (Wildman–Crippen MR) is 70.1 cm³/mol. The fourth-order valence-corrected chi connectivity index (χ4v) is 1.52. The van der Waals surface area contributed by atoms with Crippen LogP contribution >= 0.6 is 12.4 Å². The molecule has 5 heteroatoms. The first-order valence-corrected chi connectivity index (χ1v) is 4.98. The molecule has 94 valence electrons. The summed E-state index contributed by atoms with van der Waals surface area (Å²) in [6.07, 6.45) is 0. The van der Waals surface area contributed by atoms with Crippen LogP contribution in [-0.2, 0) is 0 Å². The number of nitrogens with two attached hydrogens (primary N) is 1. The van der Waals surface area contributed by atoms with Crippen LogP contribution < -0.4 is 5.73 Å². The third-order valence-corrected chi connectivity index (χ3v) is 2.45. The van der Waals surface area contributed by atoms with Gasteiger partial charge in [0.25, 0.3) is 0 Å². The number of nitrogens with one attached hydrogen (secondary N) is 1. The van der Waals surface area contributed by atoms with Crippen LogP contribution in [0.3, 0.4) is 0 Å². The summed E-state index contributed by atoms with van der Waals surface area (Å²) in [7, 11) is 0. The molecular weight excluding hydrogens is 258 g/mol. The highest BCUT2D eigenvalue weighted by molar-refractivity contribution is 5.95. The van der Waals surface area contributed by atoms with Crippen LogP contribution in [0.5, 0.6) is 0 Å². The Balaban J connectivity index is 0.00000162. The van der Waals surface area contributed by atoms with Crippen LogP contribution in [0.4, 0.5) is 8.78 Å². The van der Waals surface area contributed by atoms with Gasteiger partial charge >= 0.3 is 0 Å². The van der Waals surface area contributed by atoms with Gasteiger partial charge in [-0.15, -0.1) is 12.4 Å². The average molecular weight is 269 g/mol. The first kappa shape index (κ1) is 14.1. The summed E-state index contributed by atoms with van der Waals surface area (Å²) >= 11 is 0. The van der Waals surface area contributed by atoms with E-state index in [1.807, 2.05) is 0 Å². The molecule has 0 heterocycles. The van der Waals surface area contributed by atoms with E-state index < -0.39 is 11.6 Å². The maximum atomic E-state index is 13.0. The molecule has 2 aromatic rings. The van der Waals surface area contributed by atoms with Crippen molar-refractivity contribution in [1.82, 2.24) is 0 Å². The second kappa shape index (κ2) is 5.60. The Bertz CT molecular complexity index is 568. The molecule has 0 spiro atoms. The molecule has 0 atom stereocenters. The number of nitrogen functional groups attached to an aromatic ring is 1. The summed E-state index contributed by atoms with van der Waals surface area (Å²) in [5, 5.41) is 7.24. The number of hydrogen-bond acceptors (Lipinski definition) is 1. The van der Waals surface area contributed by atoms with E-state index in [2.05, 4.69) is 0 Å². The van der Waals surface area contributed by atoms with Gasteiger partial charge in [-0.1, -0.05) is 30.3 Å². The number of amidine groups is 1. The summed E-state index contributed by atoms with van der Waals surface area (Å²) in [5.41, 5.74) is 7.24. The minimum absolute atomic E-state index is 0. The summed E-state index contributed by atoms with van der Waals surface area (Å²) < 4.78 is 25.8. The number of rotatable bonds is 2. The van der Waals surface area contributed by atoms with Gasteiger partial charge in [0.05, 0.1) is 0 Å². The zero-order chi connectivity index (χ0) is 12.4. The van der Waals surface area contributed by atoms with E-state index in [9.17, 15) is 8.78 Å². The van der Waals surface area contributed by atoms with Crippen molar-refractivity contribution < 1.29 is 8.78 Å². The van der Waals surface area contributed by atoms with E-state index in [1.165, 1.54) is 6.07 Å². The molecule has 2 aromatic carbocycles. The predicted octanol–water partition coefficient (Wildman–Crippen LogP) is 3.34. The summed E-state index contributed by atoms with van der Waals surface area (Å²) in [6.45, 7) is 0. The van der Waals surface area contributed by atoms with Crippen LogP contribution in [0.2, 0.25) is 0 Å². The molecule has 18 heavy (non-hydrogen) atoms. The minimum Gasteiger partial charge on any atom is -0.384 e. The summed E-state index contributed by atoms with van der Waals surface area (Å²) in [4.78, 5) is 0. The second-order valence-corrected chi connectivity index (χ2v) is 3.62. The lowest BCUT2D eigenvalue weighted by Crippen LogP contribution is -2.10. The van der Waals surface area contributed by atoms with Crippen molar-refractivity contribution in [2.75, 3.05) is 0 Å². The van der Waals surface area contributed by atoms with Crippen molar-refractivity contribution in [1.29, 1.82) is 5.41 Å². The maximum absolute atomic E-state index is 13.0. The van der Waals surface area contributed by atoms with Crippen molar-refractivity contribution in [2.45, 2.75) is 0 Å². The Kier molecular flexibility index (Phi) is 4.39. The fourth-order valence-electron chi connectivity index (χ4n) is 1.52. The fraction of sp³-hybridized carbons (Fsp3) is 0. The lowest BCUT2D eigenvalue weighted by atomic mass is 10.0. The zero-order valence-electron chi connectivity index (χ0n) is 9.28. The highest BCUT2D eigenvalue weighted by atomic mass is 35.5. The van der Waals surface area contributed by atoms with Gasteiger partial charge in [0.15, 0.2) is 11.6 Å². The van der Waals surface area contributed by atoms with Crippen LogP contribution in [0.25, 0.3) is 11.1 Å². The third-order valence-electron chi connectivity index (χ3n) is 2.45. The van der Waals surface area contributed by atoms with Crippen molar-refractivity contribution in [3.05, 3.63) is 59.7 Å². The largest absolute Gasteiger partial charge is 0.384 e. The van der Waals surface area contributed by atoms with Gasteiger partial charge in [0.1, 0.15) is 5.84 Å². The molecule has 0 aliphatic heterocycles. The highest BCUT2D eigenvalue weighted by Crippen LogP contribution is 2.21. The second-order valence-electron chi connectivity index (χ2n) is 3.62. The molecule has 0 radical (unpaired) electrons. The van der Waals surface area contributed by atoms with E-state index in [4.69, 9.17) is 11.1 Å². The van der Waals surface area contributed by atoms with Crippen molar-refractivity contribution in [3.63, 3.8) is 0 Å². The van der Waals surface area contributed by atoms with Crippen LogP contribution in [0.15, 0.2) is 42.5 Å². The zero-order valence-corrected chi connectivity index (χ0v) is 10.1. The van der Waals surface area contributed by atoms with Gasteiger partial charge in [-0.05, 0) is 23.3 Å². The molecule has 0 aliphatic carbocycles. The van der Waals surface area contributed by atoms with Gasteiger partial charge in [-0.25, -0.2) is 8.78 Å². The number of benzene rings is 2. The minimum atomic E-state index is -0.877. The smallest absolute Gasteiger partial charge is 0.159 e. The Morgan fingerprint density at radius 1 is 0.889 bits per heavy atom. The van der Waals surface area contributed by atoms with E-state index in [0.29, 0.717) is 11.1 Å². The van der Waals surface area contributed by atoms with E-state index in [-0.39, 0.29) is 18.2 Å². The van der Waals surface area contributed by atoms with Gasteiger partial charge in [0.2, 0.25) is 0 Å². The molecule has 0 saturated carbocycles. The van der Waals surface area contributed by atoms with Crippen molar-refractivity contribution in [2.24, 2.45) is 5.73 Å². The molecule has 2 rings (SSSR count). The molecule has 0 bridgehead atoms. The molecule has 0 fully saturated rings. The SMILES string of the molecule is Cl.N=C(N)c1ccc(-c2ccc(F)c(F)c2)cc1. The normalized spacial score (nSPS) is 9.67. The Morgan fingerprint density at radius 3 is 1.94 bits per heavy atom. The molecule has 2 nitrogen and oxygen atoms in total. The van der Waals surface area contributed by atoms with Gasteiger partial charge in [-0.2, -0.15) is 0 Å². The van der Waals surface area contributed by atoms with Crippen molar-refractivity contribution >= 4 is 18.2 Å². The van der Waals surface area contributed by atoms with E-state index in [1.54, 1.807) is 24.3 Å². The van der Waals surface area contributed by atoms with Crippen LogP contribution in [0, 0.1) is 17.0 Å². The molecule has 3 N–H and O–H groups in total. The quantitative estimate of drug-likeness (QED) is 0.637. The first-order valence-electron chi connectivity index (χ1n) is 4.98. The van der Waals surface area contributed by atoms with Gasteiger partial charge in [-0.3, -0.25) is 5.41 Å². The monoisotopic (exact) mass is 268 g/mol. The summed E-state index contributed by atoms with van der Waals surface area (Å²) in [6, 6.07) is 10.5. The lowest BCUT2D eigenvalue weighted by Gasteiger charge is -2.04. The average Bonchev–Trinajstić information content (AvgIpc) is 2.33. The topological polar surface area (TPSA) is 49.9 Å². The van der Waals surface area contributed by atoms with Crippen LogP contribution in [0.1, 0.15) is 5.56 Å². The first-order chi connectivity index (χ1) is 8.08. The molecular formula is C13H11ClF2N2. The van der Waals surface area contributed by atoms with Crippen LogP contribution in [-0.4, -0.2) is 5.84 Å². The molecule has 0 aromatic heterocycles. The van der Waals surface area contributed by atoms with Gasteiger partial charge < -0.3 is 5.73 Å². The van der Waals surface area contributed by atoms with Crippen molar-refractivity contribution in [3.8, 4) is 11.1 Å². The Hall–Kier alpha value is -1.94. The third kappa shape index (κ3) is 2.84. The molecule has 0 amide bonds. The van der Waals surface area contributed by atoms with Gasteiger partial charge in [0, 0.05) is 5.56 Å². The molecule has 0 aliphatic rings. The lowest BCUT2D eigenvalue weighted by molar-refractivity contribution is 0.509. The highest BCUT2D eigenvalue weighted by Gasteiger charge is 2.04.